The Balaban J connectivity index is 2.09. The van der Waals surface area contributed by atoms with Gasteiger partial charge in [0.05, 0.1) is 6.54 Å². The minimum Gasteiger partial charge on any atom is -0.338 e. The van der Waals surface area contributed by atoms with Crippen LogP contribution in [0.15, 0.2) is 42.5 Å². The minimum absolute atomic E-state index is 0.0287. The van der Waals surface area contributed by atoms with Crippen LogP contribution in [0.3, 0.4) is 0 Å². The molecule has 5 nitrogen and oxygen atoms in total. The van der Waals surface area contributed by atoms with Crippen LogP contribution in [0.2, 0.25) is 0 Å². The summed E-state index contributed by atoms with van der Waals surface area (Å²) in [6, 6.07) is 14.0. The van der Waals surface area contributed by atoms with Gasteiger partial charge in [-0.2, -0.15) is 0 Å². The van der Waals surface area contributed by atoms with Crippen LogP contribution < -0.4 is 5.32 Å². The summed E-state index contributed by atoms with van der Waals surface area (Å²) in [6.07, 6.45) is 2.78. The number of carbonyl (C=O) groups excluding carboxylic acids is 2. The van der Waals surface area contributed by atoms with E-state index in [9.17, 15) is 9.59 Å². The molecule has 0 radical (unpaired) electrons. The number of nitrogens with one attached hydrogen (secondary N) is 1. The second kappa shape index (κ2) is 12.3. The van der Waals surface area contributed by atoms with E-state index in [1.165, 1.54) is 4.88 Å². The van der Waals surface area contributed by atoms with Gasteiger partial charge in [-0.05, 0) is 37.5 Å². The molecule has 0 atom stereocenters. The van der Waals surface area contributed by atoms with E-state index in [1.54, 1.807) is 16.2 Å². The molecular weight excluding hydrogens is 382 g/mol. The topological polar surface area (TPSA) is 52.7 Å². The molecule has 0 fully saturated rings. The number of thiophene rings is 1. The smallest absolute Gasteiger partial charge is 0.317 e. The van der Waals surface area contributed by atoms with Crippen molar-refractivity contribution in [2.45, 2.75) is 53.1 Å². The van der Waals surface area contributed by atoms with Gasteiger partial charge in [0.2, 0.25) is 5.91 Å². The van der Waals surface area contributed by atoms with Crippen molar-refractivity contribution >= 4 is 23.3 Å². The van der Waals surface area contributed by atoms with Crippen molar-refractivity contribution in [1.29, 1.82) is 0 Å². The van der Waals surface area contributed by atoms with Crippen molar-refractivity contribution in [2.24, 2.45) is 0 Å². The van der Waals surface area contributed by atoms with E-state index in [1.807, 2.05) is 42.2 Å². The Bertz CT molecular complexity index is 760. The average Bonchev–Trinajstić information content (AvgIpc) is 3.12. The summed E-state index contributed by atoms with van der Waals surface area (Å²) in [5, 5.41) is 2.93. The fourth-order valence-electron chi connectivity index (χ4n) is 3.06. The molecule has 2 aromatic rings. The van der Waals surface area contributed by atoms with Crippen LogP contribution in [-0.2, 0) is 17.9 Å². The molecule has 0 saturated heterocycles. The van der Waals surface area contributed by atoms with Crippen molar-refractivity contribution in [2.75, 3.05) is 19.6 Å². The highest BCUT2D eigenvalue weighted by Gasteiger charge is 2.21. The first-order valence-electron chi connectivity index (χ1n) is 10.4. The van der Waals surface area contributed by atoms with Crippen LogP contribution in [0.5, 0.6) is 0 Å². The first-order valence-corrected chi connectivity index (χ1v) is 11.2. The number of hydrogen-bond donors (Lipinski definition) is 1. The maximum Gasteiger partial charge on any atom is 0.317 e. The molecule has 158 valence electrons. The van der Waals surface area contributed by atoms with E-state index in [-0.39, 0.29) is 18.5 Å². The Morgan fingerprint density at radius 3 is 2.34 bits per heavy atom. The van der Waals surface area contributed by atoms with Crippen molar-refractivity contribution in [3.05, 3.63) is 57.8 Å². The zero-order chi connectivity index (χ0) is 21.1. The predicted molar refractivity (Wildman–Crippen MR) is 120 cm³/mol. The number of carbonyl (C=O) groups is 2. The maximum absolute atomic E-state index is 13.2. The molecule has 2 rings (SSSR count). The predicted octanol–water partition coefficient (Wildman–Crippen LogP) is 4.81. The lowest BCUT2D eigenvalue weighted by Crippen LogP contribution is -2.46. The van der Waals surface area contributed by atoms with Gasteiger partial charge in [-0.15, -0.1) is 11.3 Å². The van der Waals surface area contributed by atoms with E-state index in [0.717, 1.165) is 29.7 Å². The van der Waals surface area contributed by atoms with Crippen molar-refractivity contribution < 1.29 is 9.59 Å². The fraction of sp³-hybridized carbons (Fsp3) is 0.478. The van der Waals surface area contributed by atoms with Crippen molar-refractivity contribution in [3.8, 4) is 0 Å². The lowest BCUT2D eigenvalue weighted by atomic mass is 10.2. The standard InChI is InChI=1S/C23H33N3O2S/c1-4-6-14-24-23(28)25(15-5-2)18-22(27)26(16-20-10-8-7-9-11-20)17-21-13-12-19(3)29-21/h7-13H,4-6,14-18H2,1-3H3,(H,24,28). The lowest BCUT2D eigenvalue weighted by molar-refractivity contribution is -0.133. The number of benzene rings is 1. The van der Waals surface area contributed by atoms with Crippen LogP contribution in [0, 0.1) is 6.92 Å². The molecule has 0 unspecified atom stereocenters. The highest BCUT2D eigenvalue weighted by Crippen LogP contribution is 2.19. The number of urea groups is 1. The van der Waals surface area contributed by atoms with Crippen molar-refractivity contribution in [3.63, 3.8) is 0 Å². The summed E-state index contributed by atoms with van der Waals surface area (Å²) in [6.45, 7) is 8.59. The average molecular weight is 416 g/mol. The third-order valence-corrected chi connectivity index (χ3v) is 5.61. The second-order valence-electron chi connectivity index (χ2n) is 7.25. The Morgan fingerprint density at radius 1 is 0.966 bits per heavy atom. The van der Waals surface area contributed by atoms with Crippen LogP contribution >= 0.6 is 11.3 Å². The van der Waals surface area contributed by atoms with Gasteiger partial charge in [0.25, 0.3) is 0 Å². The molecule has 0 bridgehead atoms. The van der Waals surface area contributed by atoms with Gasteiger partial charge in [0.15, 0.2) is 0 Å². The summed E-state index contributed by atoms with van der Waals surface area (Å²) in [4.78, 5) is 31.6. The molecule has 0 aliphatic heterocycles. The van der Waals surface area contributed by atoms with Gasteiger partial charge in [0.1, 0.15) is 6.54 Å². The Kier molecular flexibility index (Phi) is 9.71. The summed E-state index contributed by atoms with van der Waals surface area (Å²) < 4.78 is 0. The summed E-state index contributed by atoms with van der Waals surface area (Å²) in [5.74, 6) is -0.0287. The molecule has 1 N–H and O–H groups in total. The first-order chi connectivity index (χ1) is 14.0. The lowest BCUT2D eigenvalue weighted by Gasteiger charge is -2.27. The summed E-state index contributed by atoms with van der Waals surface area (Å²) in [7, 11) is 0. The number of amides is 3. The van der Waals surface area contributed by atoms with Crippen LogP contribution in [-0.4, -0.2) is 41.4 Å². The molecule has 0 aliphatic carbocycles. The SMILES string of the molecule is CCCCNC(=O)N(CCC)CC(=O)N(Cc1ccccc1)Cc1ccc(C)s1. The molecule has 6 heteroatoms. The summed E-state index contributed by atoms with van der Waals surface area (Å²) in [5.41, 5.74) is 1.09. The number of hydrogen-bond acceptors (Lipinski definition) is 3. The monoisotopic (exact) mass is 415 g/mol. The number of unbranched alkanes of at least 4 members (excludes halogenated alkanes) is 1. The Hall–Kier alpha value is -2.34. The maximum atomic E-state index is 13.2. The fourth-order valence-corrected chi connectivity index (χ4v) is 3.97. The molecule has 0 saturated carbocycles. The van der Waals surface area contributed by atoms with Gasteiger partial charge in [-0.1, -0.05) is 50.6 Å². The van der Waals surface area contributed by atoms with Gasteiger partial charge in [0, 0.05) is 29.4 Å². The second-order valence-corrected chi connectivity index (χ2v) is 8.63. The van der Waals surface area contributed by atoms with Crippen LogP contribution in [0.1, 0.15) is 48.4 Å². The number of aryl methyl sites for hydroxylation is 1. The van der Waals surface area contributed by atoms with E-state index < -0.39 is 0 Å². The number of rotatable bonds is 11. The largest absolute Gasteiger partial charge is 0.338 e. The first kappa shape index (κ1) is 22.9. The van der Waals surface area contributed by atoms with E-state index >= 15 is 0 Å². The molecule has 3 amide bonds. The van der Waals surface area contributed by atoms with Gasteiger partial charge >= 0.3 is 6.03 Å². The molecule has 0 aliphatic rings. The normalized spacial score (nSPS) is 10.6. The molecule has 29 heavy (non-hydrogen) atoms. The van der Waals surface area contributed by atoms with Crippen molar-refractivity contribution in [1.82, 2.24) is 15.1 Å². The molecule has 1 heterocycles. The van der Waals surface area contributed by atoms with Gasteiger partial charge in [-0.3, -0.25) is 4.79 Å². The highest BCUT2D eigenvalue weighted by molar-refractivity contribution is 7.11. The summed E-state index contributed by atoms with van der Waals surface area (Å²) >= 11 is 1.71. The van der Waals surface area contributed by atoms with Gasteiger partial charge in [-0.25, -0.2) is 4.79 Å². The quantitative estimate of drug-likeness (QED) is 0.536. The van der Waals surface area contributed by atoms with E-state index in [2.05, 4.69) is 31.3 Å². The molecule has 1 aromatic heterocycles. The third kappa shape index (κ3) is 7.89. The molecule has 1 aromatic carbocycles. The van der Waals surface area contributed by atoms with E-state index in [0.29, 0.717) is 26.2 Å². The van der Waals surface area contributed by atoms with Crippen LogP contribution in [0.25, 0.3) is 0 Å². The van der Waals surface area contributed by atoms with Gasteiger partial charge < -0.3 is 15.1 Å². The Labute approximate surface area is 178 Å². The Morgan fingerprint density at radius 2 is 1.72 bits per heavy atom. The molecule has 0 spiro atoms. The highest BCUT2D eigenvalue weighted by atomic mass is 32.1. The third-order valence-electron chi connectivity index (χ3n) is 4.63. The van der Waals surface area contributed by atoms with E-state index in [4.69, 9.17) is 0 Å². The minimum atomic E-state index is -0.153. The zero-order valence-electron chi connectivity index (χ0n) is 17.8. The van der Waals surface area contributed by atoms with Crippen LogP contribution in [0.4, 0.5) is 4.79 Å². The molecular formula is C23H33N3O2S. The number of nitrogens with zero attached hydrogens (tertiary/aromatic N) is 2. The zero-order valence-corrected chi connectivity index (χ0v) is 18.6.